The molecule has 0 heterocycles. The lowest BCUT2D eigenvalue weighted by Gasteiger charge is -2.71. The van der Waals surface area contributed by atoms with Crippen molar-refractivity contribution in [2.75, 3.05) is 27.2 Å². The van der Waals surface area contributed by atoms with Gasteiger partial charge in [0.05, 0.1) is 18.8 Å². The van der Waals surface area contributed by atoms with Gasteiger partial charge in [0.25, 0.3) is 0 Å². The summed E-state index contributed by atoms with van der Waals surface area (Å²) in [6.07, 6.45) is 13.7. The molecule has 2 spiro atoms. The number of aliphatic hydroxyl groups is 2. The molecule has 6 aliphatic carbocycles. The van der Waals surface area contributed by atoms with Crippen molar-refractivity contribution in [3.63, 3.8) is 0 Å². The molecule has 2 aromatic rings. The van der Waals surface area contributed by atoms with Crippen LogP contribution in [0, 0.1) is 33.5 Å². The number of hydrogen-bond donors (Lipinski definition) is 2. The van der Waals surface area contributed by atoms with Crippen molar-refractivity contribution in [1.29, 1.82) is 0 Å². The van der Waals surface area contributed by atoms with E-state index in [4.69, 9.17) is 4.74 Å². The van der Waals surface area contributed by atoms with Gasteiger partial charge in [0.2, 0.25) is 0 Å². The highest BCUT2D eigenvalue weighted by atomic mass is 16.5. The average molecular weight is 596 g/mol. The maximum absolute atomic E-state index is 14.7. The molecule has 0 amide bonds. The molecule has 8 unspecified atom stereocenters. The maximum atomic E-state index is 14.7. The second-order valence-corrected chi connectivity index (χ2v) is 15.3. The van der Waals surface area contributed by atoms with Gasteiger partial charge in [-0.2, -0.15) is 0 Å². The zero-order valence-corrected chi connectivity index (χ0v) is 26.9. The molecule has 0 aliphatic heterocycles. The Morgan fingerprint density at radius 3 is 2.34 bits per heavy atom. The third kappa shape index (κ3) is 4.11. The molecule has 2 N–H and O–H groups in total. The highest BCUT2D eigenvalue weighted by Crippen LogP contribution is 2.78. The number of fused-ring (bicyclic) bond motifs is 1. The normalized spacial score (nSPS) is 40.2. The van der Waals surface area contributed by atoms with E-state index < -0.39 is 11.0 Å². The van der Waals surface area contributed by atoms with Crippen LogP contribution in [0.2, 0.25) is 0 Å². The zero-order valence-electron chi connectivity index (χ0n) is 26.9. The van der Waals surface area contributed by atoms with E-state index >= 15 is 0 Å². The van der Waals surface area contributed by atoms with Crippen molar-refractivity contribution in [1.82, 2.24) is 4.90 Å². The van der Waals surface area contributed by atoms with Crippen molar-refractivity contribution in [3.05, 3.63) is 89.5 Å². The molecule has 234 valence electrons. The lowest BCUT2D eigenvalue weighted by molar-refractivity contribution is -0.175. The Bertz CT molecular complexity index is 1480. The van der Waals surface area contributed by atoms with Gasteiger partial charge >= 0.3 is 0 Å². The molecule has 5 heteroatoms. The zero-order chi connectivity index (χ0) is 31.0. The predicted molar refractivity (Wildman–Crippen MR) is 174 cm³/mol. The molecule has 8 atom stereocenters. The van der Waals surface area contributed by atoms with Crippen LogP contribution in [0.5, 0.6) is 5.75 Å². The summed E-state index contributed by atoms with van der Waals surface area (Å²) in [5.74, 6) is 1.28. The molecule has 8 rings (SSSR count). The van der Waals surface area contributed by atoms with Crippen LogP contribution in [0.3, 0.4) is 0 Å². The van der Waals surface area contributed by atoms with Crippen LogP contribution in [0.25, 0.3) is 0 Å². The second-order valence-electron chi connectivity index (χ2n) is 15.3. The van der Waals surface area contributed by atoms with E-state index in [1.54, 1.807) is 7.11 Å². The highest BCUT2D eigenvalue weighted by molar-refractivity contribution is 6.10. The topological polar surface area (TPSA) is 70.0 Å². The molecule has 2 bridgehead atoms. The molecule has 6 aliphatic rings. The number of methoxy groups -OCH3 is 1. The molecule has 3 fully saturated rings. The largest absolute Gasteiger partial charge is 0.497 e. The van der Waals surface area contributed by atoms with E-state index in [9.17, 15) is 15.0 Å². The minimum Gasteiger partial charge on any atom is -0.497 e. The Morgan fingerprint density at radius 2 is 1.61 bits per heavy atom. The number of likely N-dealkylation sites (N-methyl/N-ethyl adjacent to an activating group) is 1. The Hall–Kier alpha value is -2.73. The van der Waals surface area contributed by atoms with Crippen LogP contribution >= 0.6 is 0 Å². The smallest absolute Gasteiger partial charge is 0.189 e. The number of rotatable bonds is 8. The monoisotopic (exact) mass is 595 g/mol. The number of carbonyl (C=O) groups is 1. The summed E-state index contributed by atoms with van der Waals surface area (Å²) in [4.78, 5) is 17.0. The first-order valence-corrected chi connectivity index (χ1v) is 16.8. The summed E-state index contributed by atoms with van der Waals surface area (Å²) in [6, 6.07) is 18.1. The van der Waals surface area contributed by atoms with Crippen LogP contribution in [0.15, 0.2) is 78.4 Å². The van der Waals surface area contributed by atoms with Gasteiger partial charge in [-0.15, -0.1) is 0 Å². The van der Waals surface area contributed by atoms with Crippen molar-refractivity contribution in [2.45, 2.75) is 76.9 Å². The summed E-state index contributed by atoms with van der Waals surface area (Å²) >= 11 is 0. The van der Waals surface area contributed by atoms with Gasteiger partial charge in [-0.3, -0.25) is 4.79 Å². The minimum atomic E-state index is -0.833. The van der Waals surface area contributed by atoms with Gasteiger partial charge in [-0.05, 0) is 105 Å². The third-order valence-corrected chi connectivity index (χ3v) is 13.5. The summed E-state index contributed by atoms with van der Waals surface area (Å²) in [5.41, 5.74) is 0.957. The first-order valence-electron chi connectivity index (χ1n) is 16.8. The van der Waals surface area contributed by atoms with Crippen molar-refractivity contribution in [2.24, 2.45) is 33.5 Å². The third-order valence-electron chi connectivity index (χ3n) is 13.5. The summed E-state index contributed by atoms with van der Waals surface area (Å²) in [6.45, 7) is 6.29. The average Bonchev–Trinajstić information content (AvgIpc) is 3.30. The number of aliphatic hydroxyl groups excluding tert-OH is 1. The summed E-state index contributed by atoms with van der Waals surface area (Å²) < 4.78 is 5.39. The van der Waals surface area contributed by atoms with Crippen molar-refractivity contribution >= 4 is 5.78 Å². The van der Waals surface area contributed by atoms with E-state index in [2.05, 4.69) is 74.4 Å². The van der Waals surface area contributed by atoms with Gasteiger partial charge < -0.3 is 19.8 Å². The Balaban J connectivity index is 1.26. The number of benzene rings is 2. The van der Waals surface area contributed by atoms with Crippen molar-refractivity contribution in [3.8, 4) is 5.75 Å². The molecule has 2 aromatic carbocycles. The summed E-state index contributed by atoms with van der Waals surface area (Å²) in [7, 11) is 3.79. The van der Waals surface area contributed by atoms with E-state index in [1.165, 1.54) is 5.56 Å². The van der Waals surface area contributed by atoms with Gasteiger partial charge in [0, 0.05) is 40.5 Å². The lowest BCUT2D eigenvalue weighted by atomic mass is 9.32. The first kappa shape index (κ1) is 30.0. The number of ether oxygens (including phenoxy) is 1. The second kappa shape index (κ2) is 10.4. The molecule has 0 radical (unpaired) electrons. The Morgan fingerprint density at radius 1 is 0.932 bits per heavy atom. The Kier molecular flexibility index (Phi) is 7.08. The fourth-order valence-electron chi connectivity index (χ4n) is 11.0. The number of nitrogens with zero attached hydrogens (tertiary/aromatic N) is 1. The van der Waals surface area contributed by atoms with Crippen molar-refractivity contribution < 1.29 is 19.7 Å². The molecule has 44 heavy (non-hydrogen) atoms. The van der Waals surface area contributed by atoms with Gasteiger partial charge in [0.1, 0.15) is 5.75 Å². The molecular formula is C39H49NO4. The van der Waals surface area contributed by atoms with Crippen LogP contribution in [0.1, 0.15) is 74.7 Å². The van der Waals surface area contributed by atoms with Gasteiger partial charge in [0.15, 0.2) is 5.78 Å². The number of ketones is 1. The van der Waals surface area contributed by atoms with Gasteiger partial charge in [-0.25, -0.2) is 0 Å². The quantitative estimate of drug-likeness (QED) is 0.264. The van der Waals surface area contributed by atoms with Crippen LogP contribution < -0.4 is 4.74 Å². The molecule has 0 saturated heterocycles. The van der Waals surface area contributed by atoms with E-state index in [0.29, 0.717) is 24.4 Å². The fraction of sp³-hybridized carbons (Fsp3) is 0.564. The molecule has 5 nitrogen and oxygen atoms in total. The van der Waals surface area contributed by atoms with E-state index in [-0.39, 0.29) is 34.1 Å². The predicted octanol–water partition coefficient (Wildman–Crippen LogP) is 6.64. The van der Waals surface area contributed by atoms with E-state index in [1.807, 2.05) is 24.3 Å². The lowest BCUT2D eigenvalue weighted by Crippen LogP contribution is -2.67. The number of allylic oxidation sites excluding steroid dienone is 4. The fourth-order valence-corrected chi connectivity index (χ4v) is 11.0. The van der Waals surface area contributed by atoms with Crippen LogP contribution in [-0.2, 0) is 6.42 Å². The highest BCUT2D eigenvalue weighted by Gasteiger charge is 2.74. The van der Waals surface area contributed by atoms with Crippen LogP contribution in [0.4, 0.5) is 0 Å². The molecule has 0 aromatic heterocycles. The molecule has 3 saturated carbocycles. The van der Waals surface area contributed by atoms with E-state index in [0.717, 1.165) is 62.8 Å². The minimum absolute atomic E-state index is 0.0286. The SMILES string of the molecule is COc1ccc(C(=O)C2=CC34C=CC25C(CCC2(C)C5CCC2(O)CN(C)CCc2ccccc2)C3(C)CCC(O)C4)cc1. The summed E-state index contributed by atoms with van der Waals surface area (Å²) in [5, 5.41) is 23.6. The number of hydrogen-bond acceptors (Lipinski definition) is 5. The van der Waals surface area contributed by atoms with Gasteiger partial charge in [-0.1, -0.05) is 62.4 Å². The Labute approximate surface area is 263 Å². The first-order chi connectivity index (χ1) is 21.0. The number of carbonyl (C=O) groups excluding carboxylic acids is 1. The van der Waals surface area contributed by atoms with Crippen LogP contribution in [-0.4, -0.2) is 59.8 Å². The standard InChI is InChI=1S/C39H49NO4/c1-35-18-14-29(41)24-37(35)21-22-39(31(25-37)34(42)28-10-12-30(44-4)13-11-28)32(35)15-19-36(2)33(39)16-20-38(36,43)26-40(3)23-17-27-8-6-5-7-9-27/h5-13,21-22,25,29,32-33,41,43H,14-20,23-24,26H2,1-4H3. The maximum Gasteiger partial charge on any atom is 0.189 e. The number of Topliss-reactive ketones (excluding diaryl/α,β-unsaturated/α-hetero) is 1. The molecular weight excluding hydrogens is 546 g/mol.